The Kier molecular flexibility index (Phi) is 3.14. The summed E-state index contributed by atoms with van der Waals surface area (Å²) in [5.74, 6) is 0. The largest absolute Gasteiger partial charge is 0.598 e. The molecule has 4 rings (SSSR count). The van der Waals surface area contributed by atoms with Crippen molar-refractivity contribution in [3.8, 4) is 0 Å². The lowest BCUT2D eigenvalue weighted by Gasteiger charge is -2.38. The highest BCUT2D eigenvalue weighted by molar-refractivity contribution is 7.88. The van der Waals surface area contributed by atoms with Gasteiger partial charge in [-0.1, -0.05) is 5.21 Å². The molecule has 0 bridgehead atoms. The minimum atomic E-state index is -0.902. The molecule has 3 aromatic rings. The van der Waals surface area contributed by atoms with Gasteiger partial charge >= 0.3 is 0 Å². The summed E-state index contributed by atoms with van der Waals surface area (Å²) >= 11 is -0.902. The fourth-order valence-corrected chi connectivity index (χ4v) is 3.93. The van der Waals surface area contributed by atoms with Crippen LogP contribution in [0.2, 0.25) is 0 Å². The van der Waals surface area contributed by atoms with E-state index in [0.29, 0.717) is 0 Å². The SMILES string of the molecule is C[S+]([O-])N1CCC(C)(n2nnc3cnc4[nH]ccc4c32)CC1. The van der Waals surface area contributed by atoms with Crippen molar-refractivity contribution in [1.29, 1.82) is 0 Å². The number of H-pyrrole nitrogens is 1. The van der Waals surface area contributed by atoms with E-state index in [1.165, 1.54) is 0 Å². The number of piperidine rings is 1. The molecular formula is C14H18N6OS. The molecule has 0 aromatic carbocycles. The van der Waals surface area contributed by atoms with Crippen LogP contribution in [0.5, 0.6) is 0 Å². The number of aromatic amines is 1. The van der Waals surface area contributed by atoms with E-state index in [0.717, 1.165) is 48.0 Å². The summed E-state index contributed by atoms with van der Waals surface area (Å²) in [6.45, 7) is 3.82. The molecule has 1 aliphatic heterocycles. The average molecular weight is 318 g/mol. The first-order valence-corrected chi connectivity index (χ1v) is 8.86. The van der Waals surface area contributed by atoms with Crippen LogP contribution in [-0.4, -0.2) is 53.2 Å². The second-order valence-electron chi connectivity index (χ2n) is 6.08. The number of hydrogen-bond donors (Lipinski definition) is 1. The molecule has 0 amide bonds. The van der Waals surface area contributed by atoms with E-state index >= 15 is 0 Å². The van der Waals surface area contributed by atoms with Crippen molar-refractivity contribution in [2.24, 2.45) is 0 Å². The Morgan fingerprint density at radius 1 is 1.36 bits per heavy atom. The Morgan fingerprint density at radius 3 is 2.86 bits per heavy atom. The molecule has 1 aliphatic rings. The van der Waals surface area contributed by atoms with E-state index in [1.807, 2.05) is 21.3 Å². The van der Waals surface area contributed by atoms with Crippen LogP contribution in [0.1, 0.15) is 19.8 Å². The number of aromatic nitrogens is 5. The maximum atomic E-state index is 11.6. The molecule has 7 nitrogen and oxygen atoms in total. The Hall–Kier alpha value is -1.64. The lowest BCUT2D eigenvalue weighted by Crippen LogP contribution is -2.46. The van der Waals surface area contributed by atoms with Crippen molar-refractivity contribution >= 4 is 33.4 Å². The number of fused-ring (bicyclic) bond motifs is 3. The highest BCUT2D eigenvalue weighted by Crippen LogP contribution is 2.34. The van der Waals surface area contributed by atoms with Crippen LogP contribution in [0.3, 0.4) is 0 Å². The Balaban J connectivity index is 1.79. The van der Waals surface area contributed by atoms with Crippen LogP contribution in [0.15, 0.2) is 18.5 Å². The van der Waals surface area contributed by atoms with Crippen molar-refractivity contribution in [2.75, 3.05) is 19.3 Å². The minimum Gasteiger partial charge on any atom is -0.598 e. The Labute approximate surface area is 131 Å². The second kappa shape index (κ2) is 4.94. The van der Waals surface area contributed by atoms with Gasteiger partial charge in [0.2, 0.25) is 0 Å². The first-order valence-electron chi connectivity index (χ1n) is 7.35. The highest BCUT2D eigenvalue weighted by atomic mass is 32.2. The number of pyridine rings is 1. The third-order valence-electron chi connectivity index (χ3n) is 4.67. The summed E-state index contributed by atoms with van der Waals surface area (Å²) in [7, 11) is 0. The molecule has 0 aliphatic carbocycles. The summed E-state index contributed by atoms with van der Waals surface area (Å²) in [5, 5.41) is 9.74. The van der Waals surface area contributed by atoms with Gasteiger partial charge in [0.05, 0.1) is 11.7 Å². The monoisotopic (exact) mass is 318 g/mol. The van der Waals surface area contributed by atoms with Crippen LogP contribution in [-0.2, 0) is 16.9 Å². The van der Waals surface area contributed by atoms with Crippen LogP contribution >= 0.6 is 0 Å². The summed E-state index contributed by atoms with van der Waals surface area (Å²) in [6.07, 6.45) is 7.19. The molecular weight excluding hydrogens is 300 g/mol. The van der Waals surface area contributed by atoms with Crippen molar-refractivity contribution in [3.63, 3.8) is 0 Å². The van der Waals surface area contributed by atoms with E-state index in [4.69, 9.17) is 0 Å². The molecule has 0 radical (unpaired) electrons. The van der Waals surface area contributed by atoms with Crippen molar-refractivity contribution in [2.45, 2.75) is 25.3 Å². The highest BCUT2D eigenvalue weighted by Gasteiger charge is 2.37. The van der Waals surface area contributed by atoms with Gasteiger partial charge in [0.15, 0.2) is 0 Å². The maximum Gasteiger partial charge on any atom is 0.139 e. The zero-order chi connectivity index (χ0) is 15.3. The zero-order valence-corrected chi connectivity index (χ0v) is 13.4. The van der Waals surface area contributed by atoms with E-state index in [1.54, 1.807) is 12.5 Å². The number of rotatable bonds is 2. The van der Waals surface area contributed by atoms with Gasteiger partial charge in [-0.3, -0.25) is 0 Å². The standard InChI is InChI=1S/C14H18N6OS/c1-14(4-7-19(8-5-14)22(2)21)20-12-10-3-6-15-13(10)16-9-11(12)17-18-20/h3,6,9H,4-5,7-8H2,1-2H3,(H,15,16). The smallest absolute Gasteiger partial charge is 0.139 e. The molecule has 1 N–H and O–H groups in total. The molecule has 1 fully saturated rings. The number of nitrogens with one attached hydrogen (secondary N) is 1. The van der Waals surface area contributed by atoms with Gasteiger partial charge in [0.25, 0.3) is 0 Å². The van der Waals surface area contributed by atoms with E-state index in [2.05, 4.69) is 27.2 Å². The second-order valence-corrected chi connectivity index (χ2v) is 7.45. The molecule has 0 saturated carbocycles. The van der Waals surface area contributed by atoms with Crippen molar-refractivity contribution in [1.82, 2.24) is 29.3 Å². The third kappa shape index (κ3) is 2.02. The number of hydrogen-bond acceptors (Lipinski definition) is 5. The molecule has 22 heavy (non-hydrogen) atoms. The van der Waals surface area contributed by atoms with Gasteiger partial charge in [-0.15, -0.1) is 9.40 Å². The molecule has 1 unspecified atom stereocenters. The van der Waals surface area contributed by atoms with Gasteiger partial charge in [-0.25, -0.2) is 9.67 Å². The fourth-order valence-electron chi connectivity index (χ4n) is 3.23. The van der Waals surface area contributed by atoms with Gasteiger partial charge in [-0.2, -0.15) is 0 Å². The van der Waals surface area contributed by atoms with E-state index < -0.39 is 11.4 Å². The lowest BCUT2D eigenvalue weighted by molar-refractivity contribution is 0.167. The minimum absolute atomic E-state index is 0.115. The molecule has 4 heterocycles. The predicted molar refractivity (Wildman–Crippen MR) is 85.7 cm³/mol. The van der Waals surface area contributed by atoms with Crippen molar-refractivity contribution < 1.29 is 4.55 Å². The fraction of sp³-hybridized carbons (Fsp3) is 0.500. The first-order chi connectivity index (χ1) is 10.6. The molecule has 1 atom stereocenters. The zero-order valence-electron chi connectivity index (χ0n) is 12.6. The van der Waals surface area contributed by atoms with Gasteiger partial charge < -0.3 is 9.54 Å². The number of nitrogens with zero attached hydrogens (tertiary/aromatic N) is 5. The van der Waals surface area contributed by atoms with Crippen LogP contribution in [0.4, 0.5) is 0 Å². The van der Waals surface area contributed by atoms with E-state index in [-0.39, 0.29) is 5.54 Å². The first kappa shape index (κ1) is 14.0. The predicted octanol–water partition coefficient (Wildman–Crippen LogP) is 1.41. The maximum absolute atomic E-state index is 11.6. The van der Waals surface area contributed by atoms with Crippen LogP contribution < -0.4 is 0 Å². The lowest BCUT2D eigenvalue weighted by atomic mass is 9.90. The molecule has 8 heteroatoms. The molecule has 116 valence electrons. The van der Waals surface area contributed by atoms with Gasteiger partial charge in [-0.05, 0) is 25.8 Å². The topological polar surface area (TPSA) is 85.7 Å². The van der Waals surface area contributed by atoms with Crippen LogP contribution in [0.25, 0.3) is 22.1 Å². The quantitative estimate of drug-likeness (QED) is 0.722. The van der Waals surface area contributed by atoms with Crippen molar-refractivity contribution in [3.05, 3.63) is 18.5 Å². The average Bonchev–Trinajstić information content (AvgIpc) is 3.13. The summed E-state index contributed by atoms with van der Waals surface area (Å²) in [5.41, 5.74) is 2.58. The Bertz CT molecular complexity index is 817. The summed E-state index contributed by atoms with van der Waals surface area (Å²) in [4.78, 5) is 7.50. The summed E-state index contributed by atoms with van der Waals surface area (Å²) in [6, 6.07) is 2.02. The molecule has 3 aromatic heterocycles. The van der Waals surface area contributed by atoms with E-state index in [9.17, 15) is 4.55 Å². The Morgan fingerprint density at radius 2 is 2.14 bits per heavy atom. The van der Waals surface area contributed by atoms with Gasteiger partial charge in [0, 0.05) is 36.0 Å². The van der Waals surface area contributed by atoms with Crippen LogP contribution in [0, 0.1) is 0 Å². The third-order valence-corrected chi connectivity index (χ3v) is 5.76. The molecule has 1 saturated heterocycles. The van der Waals surface area contributed by atoms with Gasteiger partial charge in [0.1, 0.15) is 22.9 Å². The normalized spacial score (nSPS) is 20.7. The summed E-state index contributed by atoms with van der Waals surface area (Å²) < 4.78 is 15.7. The molecule has 0 spiro atoms.